The van der Waals surface area contributed by atoms with Gasteiger partial charge in [-0.3, -0.25) is 9.59 Å². The van der Waals surface area contributed by atoms with Crippen molar-refractivity contribution in [1.82, 2.24) is 39.1 Å². The third kappa shape index (κ3) is 6.12. The summed E-state index contributed by atoms with van der Waals surface area (Å²) in [7, 11) is 0. The molecule has 1 N–H and O–H groups in total. The maximum Gasteiger partial charge on any atom is 0.278 e. The van der Waals surface area contributed by atoms with Gasteiger partial charge in [-0.15, -0.1) is 0 Å². The Morgan fingerprint density at radius 1 is 0.712 bits per heavy atom. The van der Waals surface area contributed by atoms with E-state index in [1.54, 1.807) is 29.2 Å². The topological polar surface area (TPSA) is 116 Å². The number of carbonyl (C=O) groups is 2. The maximum absolute atomic E-state index is 13.7. The molecule has 0 radical (unpaired) electrons. The molecule has 0 unspecified atom stereocenters. The summed E-state index contributed by atoms with van der Waals surface area (Å²) in [5.41, 5.74) is 10.8. The van der Waals surface area contributed by atoms with Crippen molar-refractivity contribution in [2.24, 2.45) is 0 Å². The Morgan fingerprint density at radius 3 is 2.19 bits per heavy atom. The first kappa shape index (κ1) is 32.8. The fraction of sp³-hybridized carbons (Fsp3) is 0.190. The first-order valence-electron chi connectivity index (χ1n) is 17.5. The van der Waals surface area contributed by atoms with Crippen LogP contribution in [0.2, 0.25) is 0 Å². The molecule has 52 heavy (non-hydrogen) atoms. The first-order valence-corrected chi connectivity index (χ1v) is 17.5. The van der Waals surface area contributed by atoms with E-state index in [2.05, 4.69) is 38.0 Å². The Kier molecular flexibility index (Phi) is 8.64. The number of aromatic nitrogens is 8. The lowest BCUT2D eigenvalue weighted by atomic mass is 10.0. The third-order valence-electron chi connectivity index (χ3n) is 9.99. The standard InChI is InChI=1S/C42H38N8O2/c1-27-36(28(2)50(46-27)42(52)31-14-8-5-9-15-31)23-33-25-48(41-35(33)17-11-21-44-41)26-38-37(22-32-24-45-40-34(32)16-10-20-43-40)29(3)49(47-38)39(51)19-18-30-12-6-4-7-13-30/h4-17,20-21,24-25H,18-19,22-23,26H2,1-3H3,(H,43,45). The lowest BCUT2D eigenvalue weighted by molar-refractivity contribution is 0.0883. The van der Waals surface area contributed by atoms with E-state index in [0.717, 1.165) is 72.7 Å². The highest BCUT2D eigenvalue weighted by atomic mass is 16.2. The molecule has 0 atom stereocenters. The zero-order valence-corrected chi connectivity index (χ0v) is 29.4. The number of aromatic amines is 1. The van der Waals surface area contributed by atoms with Gasteiger partial charge in [0.05, 0.1) is 17.9 Å². The largest absolute Gasteiger partial charge is 0.346 e. The lowest BCUT2D eigenvalue weighted by Crippen LogP contribution is -2.15. The van der Waals surface area contributed by atoms with E-state index in [1.807, 2.05) is 87.6 Å². The van der Waals surface area contributed by atoms with Gasteiger partial charge in [-0.1, -0.05) is 48.5 Å². The van der Waals surface area contributed by atoms with Crippen molar-refractivity contribution < 1.29 is 9.59 Å². The Balaban J connectivity index is 1.15. The van der Waals surface area contributed by atoms with Crippen molar-refractivity contribution in [1.29, 1.82) is 0 Å². The van der Waals surface area contributed by atoms with Gasteiger partial charge >= 0.3 is 0 Å². The normalized spacial score (nSPS) is 11.5. The molecule has 6 aromatic heterocycles. The Hall–Kier alpha value is -6.42. The number of fused-ring (bicyclic) bond motifs is 2. The summed E-state index contributed by atoms with van der Waals surface area (Å²) < 4.78 is 5.22. The molecule has 6 heterocycles. The summed E-state index contributed by atoms with van der Waals surface area (Å²) in [6.07, 6.45) is 9.85. The summed E-state index contributed by atoms with van der Waals surface area (Å²) >= 11 is 0. The van der Waals surface area contributed by atoms with Crippen LogP contribution in [0.25, 0.3) is 22.1 Å². The van der Waals surface area contributed by atoms with Gasteiger partial charge in [0.1, 0.15) is 11.3 Å². The molecule has 0 aliphatic carbocycles. The number of hydrogen-bond acceptors (Lipinski definition) is 6. The van der Waals surface area contributed by atoms with Crippen LogP contribution in [-0.4, -0.2) is 50.9 Å². The molecule has 10 heteroatoms. The molecule has 0 saturated heterocycles. The van der Waals surface area contributed by atoms with Gasteiger partial charge in [-0.05, 0) is 80.3 Å². The molecule has 10 nitrogen and oxygen atoms in total. The van der Waals surface area contributed by atoms with E-state index in [0.29, 0.717) is 37.8 Å². The van der Waals surface area contributed by atoms with Crippen molar-refractivity contribution >= 4 is 33.9 Å². The molecule has 8 aromatic rings. The molecule has 8 rings (SSSR count). The van der Waals surface area contributed by atoms with Gasteiger partial charge < -0.3 is 9.55 Å². The monoisotopic (exact) mass is 686 g/mol. The third-order valence-corrected chi connectivity index (χ3v) is 9.99. The van der Waals surface area contributed by atoms with E-state index in [9.17, 15) is 9.59 Å². The molecule has 0 aliphatic rings. The highest BCUT2D eigenvalue weighted by molar-refractivity contribution is 5.96. The number of rotatable bonds is 10. The molecule has 2 aromatic carbocycles. The predicted octanol–water partition coefficient (Wildman–Crippen LogP) is 7.42. The number of nitrogens with zero attached hydrogens (tertiary/aromatic N) is 7. The fourth-order valence-corrected chi connectivity index (χ4v) is 7.18. The van der Waals surface area contributed by atoms with Crippen LogP contribution < -0.4 is 0 Å². The van der Waals surface area contributed by atoms with Gasteiger partial charge in [-0.25, -0.2) is 19.3 Å². The molecular weight excluding hydrogens is 649 g/mol. The van der Waals surface area contributed by atoms with Crippen molar-refractivity contribution in [3.05, 3.63) is 166 Å². The van der Waals surface area contributed by atoms with Crippen molar-refractivity contribution in [3.8, 4) is 0 Å². The van der Waals surface area contributed by atoms with Gasteiger partial charge in [0.25, 0.3) is 5.91 Å². The minimum Gasteiger partial charge on any atom is -0.346 e. The number of nitrogens with one attached hydrogen (secondary N) is 1. The molecule has 0 saturated carbocycles. The lowest BCUT2D eigenvalue weighted by Gasteiger charge is -2.06. The van der Waals surface area contributed by atoms with Crippen LogP contribution in [0.5, 0.6) is 0 Å². The molecule has 0 spiro atoms. The average molecular weight is 687 g/mol. The molecule has 0 amide bonds. The Labute approximate surface area is 300 Å². The van der Waals surface area contributed by atoms with Gasteiger partial charge in [0.2, 0.25) is 5.91 Å². The van der Waals surface area contributed by atoms with Crippen LogP contribution in [0, 0.1) is 20.8 Å². The highest BCUT2D eigenvalue weighted by Gasteiger charge is 2.24. The van der Waals surface area contributed by atoms with E-state index in [4.69, 9.17) is 10.1 Å². The van der Waals surface area contributed by atoms with Gasteiger partial charge in [0.15, 0.2) is 0 Å². The number of H-pyrrole nitrogens is 1. The zero-order chi connectivity index (χ0) is 35.8. The van der Waals surface area contributed by atoms with Crippen LogP contribution in [0.3, 0.4) is 0 Å². The van der Waals surface area contributed by atoms with Crippen molar-refractivity contribution in [2.45, 2.75) is 53.0 Å². The van der Waals surface area contributed by atoms with E-state index >= 15 is 0 Å². The number of aryl methyl sites for hydroxylation is 2. The maximum atomic E-state index is 13.7. The number of carbonyl (C=O) groups excluding carboxylic acids is 2. The minimum absolute atomic E-state index is 0.0429. The number of pyridine rings is 2. The summed E-state index contributed by atoms with van der Waals surface area (Å²) in [6, 6.07) is 27.3. The van der Waals surface area contributed by atoms with Crippen molar-refractivity contribution in [2.75, 3.05) is 0 Å². The second-order valence-corrected chi connectivity index (χ2v) is 13.3. The predicted molar refractivity (Wildman–Crippen MR) is 201 cm³/mol. The van der Waals surface area contributed by atoms with E-state index in [-0.39, 0.29) is 11.8 Å². The van der Waals surface area contributed by atoms with Crippen LogP contribution >= 0.6 is 0 Å². The smallest absolute Gasteiger partial charge is 0.278 e. The Bertz CT molecular complexity index is 2570. The Morgan fingerprint density at radius 2 is 1.40 bits per heavy atom. The van der Waals surface area contributed by atoms with Gasteiger partial charge in [0, 0.05) is 82.9 Å². The molecule has 0 fully saturated rings. The summed E-state index contributed by atoms with van der Waals surface area (Å²) in [4.78, 5) is 39.7. The highest BCUT2D eigenvalue weighted by Crippen LogP contribution is 2.29. The summed E-state index contributed by atoms with van der Waals surface area (Å²) in [6.45, 7) is 6.30. The molecule has 258 valence electrons. The SMILES string of the molecule is Cc1nn(C(=O)c2ccccc2)c(C)c1Cc1cn(Cc2nn(C(=O)CCc3ccccc3)c(C)c2Cc2c[nH]c3ncccc23)c2ncccc12. The minimum atomic E-state index is -0.153. The molecular formula is C42H38N8O2. The fourth-order valence-electron chi connectivity index (χ4n) is 7.18. The molecule has 0 bridgehead atoms. The summed E-state index contributed by atoms with van der Waals surface area (Å²) in [5, 5.41) is 11.7. The quantitative estimate of drug-likeness (QED) is 0.160. The molecule has 0 aliphatic heterocycles. The number of hydrogen-bond donors (Lipinski definition) is 1. The number of benzene rings is 2. The van der Waals surface area contributed by atoms with E-state index in [1.165, 1.54) is 4.68 Å². The van der Waals surface area contributed by atoms with Crippen molar-refractivity contribution in [3.63, 3.8) is 0 Å². The first-order chi connectivity index (χ1) is 25.4. The zero-order valence-electron chi connectivity index (χ0n) is 29.4. The van der Waals surface area contributed by atoms with Crippen LogP contribution in [0.1, 0.15) is 72.2 Å². The van der Waals surface area contributed by atoms with Crippen LogP contribution in [-0.2, 0) is 25.8 Å². The van der Waals surface area contributed by atoms with Gasteiger partial charge in [-0.2, -0.15) is 10.2 Å². The average Bonchev–Trinajstić information content (AvgIpc) is 3.91. The van der Waals surface area contributed by atoms with Crippen LogP contribution in [0.4, 0.5) is 0 Å². The van der Waals surface area contributed by atoms with Crippen LogP contribution in [0.15, 0.2) is 110 Å². The second-order valence-electron chi connectivity index (χ2n) is 13.3. The summed E-state index contributed by atoms with van der Waals surface area (Å²) in [5.74, 6) is -0.196. The van der Waals surface area contributed by atoms with E-state index < -0.39 is 0 Å². The second kappa shape index (κ2) is 13.7.